The molecule has 0 heterocycles. The first-order valence-electron chi connectivity index (χ1n) is 4.91. The van der Waals surface area contributed by atoms with E-state index in [-0.39, 0.29) is 11.3 Å². The molecule has 0 fully saturated rings. The Morgan fingerprint density at radius 1 is 1.56 bits per heavy atom. The molecule has 1 aromatic carbocycles. The van der Waals surface area contributed by atoms with Gasteiger partial charge < -0.3 is 10.4 Å². The topological polar surface area (TPSA) is 49.3 Å². The number of carbonyl (C=O) groups is 1. The van der Waals surface area contributed by atoms with Gasteiger partial charge in [0.15, 0.2) is 0 Å². The highest BCUT2D eigenvalue weighted by molar-refractivity contribution is 7.98. The molecule has 0 amide bonds. The Balaban J connectivity index is 2.63. The van der Waals surface area contributed by atoms with Gasteiger partial charge in [-0.3, -0.25) is 0 Å². The number of aromatic carboxylic acids is 1. The predicted octanol–water partition coefficient (Wildman–Crippen LogP) is 2.69. The van der Waals surface area contributed by atoms with Crippen molar-refractivity contribution in [1.29, 1.82) is 0 Å². The van der Waals surface area contributed by atoms with E-state index in [2.05, 4.69) is 5.32 Å². The Kier molecular flexibility index (Phi) is 5.11. The molecule has 0 atom stereocenters. The molecule has 1 aromatic rings. The highest BCUT2D eigenvalue weighted by Crippen LogP contribution is 2.16. The van der Waals surface area contributed by atoms with Crippen molar-refractivity contribution in [2.75, 3.05) is 23.9 Å². The second-order valence-corrected chi connectivity index (χ2v) is 4.26. The lowest BCUT2D eigenvalue weighted by molar-refractivity contribution is 0.0697. The van der Waals surface area contributed by atoms with Gasteiger partial charge >= 0.3 is 5.97 Å². The molecule has 0 aromatic heterocycles. The van der Waals surface area contributed by atoms with Gasteiger partial charge in [-0.1, -0.05) is 0 Å². The van der Waals surface area contributed by atoms with Crippen molar-refractivity contribution >= 4 is 23.4 Å². The van der Waals surface area contributed by atoms with E-state index < -0.39 is 11.8 Å². The minimum Gasteiger partial charge on any atom is -0.478 e. The Bertz CT molecular complexity index is 371. The fourth-order valence-electron chi connectivity index (χ4n) is 1.23. The number of hydrogen-bond acceptors (Lipinski definition) is 3. The lowest BCUT2D eigenvalue weighted by Gasteiger charge is -2.07. The first kappa shape index (κ1) is 12.8. The maximum atomic E-state index is 13.3. The van der Waals surface area contributed by atoms with Crippen molar-refractivity contribution in [2.45, 2.75) is 6.42 Å². The zero-order chi connectivity index (χ0) is 12.0. The van der Waals surface area contributed by atoms with Gasteiger partial charge in [-0.15, -0.1) is 0 Å². The summed E-state index contributed by atoms with van der Waals surface area (Å²) in [5, 5.41) is 11.6. The molecular weight excluding hydrogens is 229 g/mol. The van der Waals surface area contributed by atoms with Crippen molar-refractivity contribution in [2.24, 2.45) is 0 Å². The summed E-state index contributed by atoms with van der Waals surface area (Å²) < 4.78 is 13.3. The molecule has 0 radical (unpaired) electrons. The highest BCUT2D eigenvalue weighted by atomic mass is 32.2. The van der Waals surface area contributed by atoms with Crippen molar-refractivity contribution in [1.82, 2.24) is 0 Å². The summed E-state index contributed by atoms with van der Waals surface area (Å²) in [6.45, 7) is 0.640. The quantitative estimate of drug-likeness (QED) is 0.754. The average Bonchev–Trinajstić information content (AvgIpc) is 2.26. The van der Waals surface area contributed by atoms with E-state index in [1.807, 2.05) is 6.26 Å². The molecule has 2 N–H and O–H groups in total. The van der Waals surface area contributed by atoms with Crippen LogP contribution >= 0.6 is 11.8 Å². The van der Waals surface area contributed by atoms with Crippen molar-refractivity contribution in [3.8, 4) is 0 Å². The molecular formula is C11H14FNO2S. The third kappa shape index (κ3) is 3.73. The zero-order valence-electron chi connectivity index (χ0n) is 9.00. The average molecular weight is 243 g/mol. The number of nitrogens with one attached hydrogen (secondary N) is 1. The van der Waals surface area contributed by atoms with Crippen molar-refractivity contribution in [3.63, 3.8) is 0 Å². The number of rotatable bonds is 6. The molecule has 0 aliphatic carbocycles. The third-order valence-corrected chi connectivity index (χ3v) is 2.75. The lowest BCUT2D eigenvalue weighted by atomic mass is 10.2. The van der Waals surface area contributed by atoms with Gasteiger partial charge in [-0.25, -0.2) is 9.18 Å². The second kappa shape index (κ2) is 6.37. The summed E-state index contributed by atoms with van der Waals surface area (Å²) in [5.41, 5.74) is 0.342. The Morgan fingerprint density at radius 2 is 2.31 bits per heavy atom. The number of hydrogen-bond donors (Lipinski definition) is 2. The third-order valence-electron chi connectivity index (χ3n) is 2.05. The molecule has 3 nitrogen and oxygen atoms in total. The highest BCUT2D eigenvalue weighted by Gasteiger charge is 2.07. The van der Waals surface area contributed by atoms with Gasteiger partial charge in [-0.2, -0.15) is 11.8 Å². The van der Waals surface area contributed by atoms with Crippen LogP contribution in [0.3, 0.4) is 0 Å². The molecule has 88 valence electrons. The number of anilines is 1. The largest absolute Gasteiger partial charge is 0.478 e. The van der Waals surface area contributed by atoms with Gasteiger partial charge in [0.25, 0.3) is 0 Å². The summed E-state index contributed by atoms with van der Waals surface area (Å²) in [7, 11) is 0. The molecule has 0 saturated carbocycles. The zero-order valence-corrected chi connectivity index (χ0v) is 9.81. The maximum Gasteiger partial charge on any atom is 0.335 e. The van der Waals surface area contributed by atoms with E-state index in [1.165, 1.54) is 18.2 Å². The molecule has 16 heavy (non-hydrogen) atoms. The van der Waals surface area contributed by atoms with E-state index in [0.29, 0.717) is 6.54 Å². The monoisotopic (exact) mass is 243 g/mol. The lowest BCUT2D eigenvalue weighted by Crippen LogP contribution is -2.06. The smallest absolute Gasteiger partial charge is 0.335 e. The predicted molar refractivity (Wildman–Crippen MR) is 64.8 cm³/mol. The maximum absolute atomic E-state index is 13.3. The Labute approximate surface area is 98.1 Å². The molecule has 0 unspecified atom stereocenters. The van der Waals surface area contributed by atoms with E-state index in [9.17, 15) is 9.18 Å². The summed E-state index contributed by atoms with van der Waals surface area (Å²) >= 11 is 1.72. The molecule has 0 spiro atoms. The second-order valence-electron chi connectivity index (χ2n) is 3.27. The molecule has 0 aliphatic rings. The van der Waals surface area contributed by atoms with Gasteiger partial charge in [0, 0.05) is 6.54 Å². The van der Waals surface area contributed by atoms with Gasteiger partial charge in [0.05, 0.1) is 11.3 Å². The fourth-order valence-corrected chi connectivity index (χ4v) is 1.67. The van der Waals surface area contributed by atoms with Crippen LogP contribution < -0.4 is 5.32 Å². The van der Waals surface area contributed by atoms with Crippen LogP contribution in [0.4, 0.5) is 10.1 Å². The molecule has 0 bridgehead atoms. The molecule has 5 heteroatoms. The fraction of sp³-hybridized carbons (Fsp3) is 0.364. The van der Waals surface area contributed by atoms with E-state index in [4.69, 9.17) is 5.11 Å². The van der Waals surface area contributed by atoms with Crippen LogP contribution in [0.25, 0.3) is 0 Å². The molecule has 0 aliphatic heterocycles. The van der Waals surface area contributed by atoms with Crippen LogP contribution in [0.15, 0.2) is 18.2 Å². The Morgan fingerprint density at radius 3 is 2.94 bits per heavy atom. The van der Waals surface area contributed by atoms with Gasteiger partial charge in [0.1, 0.15) is 5.82 Å². The van der Waals surface area contributed by atoms with Gasteiger partial charge in [-0.05, 0) is 36.6 Å². The standard InChI is InChI=1S/C11H14FNO2S/c1-16-6-2-5-13-10-7-8(11(14)15)3-4-9(10)12/h3-4,7,13H,2,5-6H2,1H3,(H,14,15). The molecule has 1 rings (SSSR count). The summed E-state index contributed by atoms with van der Waals surface area (Å²) in [6.07, 6.45) is 2.92. The minimum atomic E-state index is -1.05. The normalized spacial score (nSPS) is 10.1. The number of thioether (sulfide) groups is 1. The van der Waals surface area contributed by atoms with E-state index >= 15 is 0 Å². The number of halogens is 1. The van der Waals surface area contributed by atoms with Gasteiger partial charge in [0.2, 0.25) is 0 Å². The van der Waals surface area contributed by atoms with E-state index in [1.54, 1.807) is 11.8 Å². The van der Waals surface area contributed by atoms with Crippen LogP contribution in [-0.2, 0) is 0 Å². The number of carboxylic acids is 1. The first-order valence-corrected chi connectivity index (χ1v) is 6.30. The number of carboxylic acid groups (broad SMARTS) is 1. The van der Waals surface area contributed by atoms with Crippen molar-refractivity contribution < 1.29 is 14.3 Å². The SMILES string of the molecule is CSCCCNc1cc(C(=O)O)ccc1F. The summed E-state index contributed by atoms with van der Waals surface area (Å²) in [5.74, 6) is -0.478. The molecule has 0 saturated heterocycles. The van der Waals surface area contributed by atoms with Crippen LogP contribution in [0.1, 0.15) is 16.8 Å². The van der Waals surface area contributed by atoms with Crippen LogP contribution in [0.5, 0.6) is 0 Å². The van der Waals surface area contributed by atoms with Crippen LogP contribution in [0, 0.1) is 5.82 Å². The summed E-state index contributed by atoms with van der Waals surface area (Å²) in [4.78, 5) is 10.7. The Hall–Kier alpha value is -1.23. The van der Waals surface area contributed by atoms with Crippen molar-refractivity contribution in [3.05, 3.63) is 29.6 Å². The van der Waals surface area contributed by atoms with E-state index in [0.717, 1.165) is 12.2 Å². The minimum absolute atomic E-state index is 0.0915. The number of benzene rings is 1. The van der Waals surface area contributed by atoms with Crippen LogP contribution in [0.2, 0.25) is 0 Å². The summed E-state index contributed by atoms with van der Waals surface area (Å²) in [6, 6.07) is 3.74. The first-order chi connectivity index (χ1) is 7.65. The van der Waals surface area contributed by atoms with Crippen LogP contribution in [-0.4, -0.2) is 29.6 Å².